The first kappa shape index (κ1) is 14.3. The fraction of sp³-hybridized carbons (Fsp3) is 0.818. The number of nitrogens with one attached hydrogen (secondary N) is 2. The van der Waals surface area contributed by atoms with E-state index < -0.39 is 0 Å². The van der Waals surface area contributed by atoms with Gasteiger partial charge < -0.3 is 15.5 Å². The van der Waals surface area contributed by atoms with Crippen LogP contribution in [-0.2, 0) is 9.59 Å². The quantitative estimate of drug-likeness (QED) is 0.721. The Morgan fingerprint density at radius 3 is 2.76 bits per heavy atom. The highest BCUT2D eigenvalue weighted by Gasteiger charge is 2.32. The second-order valence-electron chi connectivity index (χ2n) is 4.65. The van der Waals surface area contributed by atoms with Gasteiger partial charge in [-0.05, 0) is 25.8 Å². The molecule has 2 amide bonds. The van der Waals surface area contributed by atoms with Gasteiger partial charge in [0.15, 0.2) is 0 Å². The van der Waals surface area contributed by atoms with E-state index in [4.69, 9.17) is 0 Å². The molecule has 1 unspecified atom stereocenters. The van der Waals surface area contributed by atoms with Gasteiger partial charge in [0.1, 0.15) is 6.04 Å². The van der Waals surface area contributed by atoms with E-state index in [1.54, 1.807) is 11.9 Å². The van der Waals surface area contributed by atoms with Crippen molar-refractivity contribution >= 4 is 24.2 Å². The third-order valence-corrected chi connectivity index (χ3v) is 3.41. The molecular weight excluding hydrogens is 242 g/mol. The zero-order chi connectivity index (χ0) is 11.5. The molecule has 17 heavy (non-hydrogen) atoms. The molecule has 2 aliphatic rings. The minimum Gasteiger partial charge on any atom is -0.344 e. The van der Waals surface area contributed by atoms with Crippen LogP contribution < -0.4 is 10.6 Å². The summed E-state index contributed by atoms with van der Waals surface area (Å²) in [4.78, 5) is 25.2. The molecule has 0 saturated carbocycles. The third kappa shape index (κ3) is 3.33. The second-order valence-corrected chi connectivity index (χ2v) is 4.65. The zero-order valence-corrected chi connectivity index (χ0v) is 10.9. The number of likely N-dealkylation sites (tertiary alicyclic amines) is 1. The maximum Gasteiger partial charge on any atom is 0.244 e. The molecule has 2 N–H and O–H groups in total. The second kappa shape index (κ2) is 6.21. The molecule has 2 saturated heterocycles. The monoisotopic (exact) mass is 261 g/mol. The van der Waals surface area contributed by atoms with Crippen molar-refractivity contribution in [2.45, 2.75) is 25.3 Å². The topological polar surface area (TPSA) is 61.4 Å². The maximum absolute atomic E-state index is 11.9. The lowest BCUT2D eigenvalue weighted by Gasteiger charge is -2.23. The fourth-order valence-electron chi connectivity index (χ4n) is 2.32. The fourth-order valence-corrected chi connectivity index (χ4v) is 2.32. The molecule has 0 spiro atoms. The summed E-state index contributed by atoms with van der Waals surface area (Å²) in [5.74, 6) is 0.102. The first-order valence-corrected chi connectivity index (χ1v) is 5.94. The van der Waals surface area contributed by atoms with Crippen LogP contribution in [0.1, 0.15) is 19.3 Å². The van der Waals surface area contributed by atoms with Gasteiger partial charge in [-0.25, -0.2) is 0 Å². The van der Waals surface area contributed by atoms with Crippen LogP contribution in [0.3, 0.4) is 0 Å². The van der Waals surface area contributed by atoms with Crippen LogP contribution >= 0.6 is 12.4 Å². The van der Waals surface area contributed by atoms with Gasteiger partial charge in [-0.3, -0.25) is 9.59 Å². The molecule has 2 fully saturated rings. The molecule has 2 atom stereocenters. The minimum absolute atomic E-state index is 0. The van der Waals surface area contributed by atoms with E-state index in [0.717, 1.165) is 38.9 Å². The van der Waals surface area contributed by atoms with Crippen LogP contribution in [0.25, 0.3) is 0 Å². The lowest BCUT2D eigenvalue weighted by Crippen LogP contribution is -2.46. The Bertz CT molecular complexity index is 292. The van der Waals surface area contributed by atoms with Crippen LogP contribution in [0, 0.1) is 5.92 Å². The lowest BCUT2D eigenvalue weighted by molar-refractivity contribution is -0.133. The smallest absolute Gasteiger partial charge is 0.244 e. The van der Waals surface area contributed by atoms with E-state index >= 15 is 0 Å². The van der Waals surface area contributed by atoms with Crippen molar-refractivity contribution in [1.29, 1.82) is 0 Å². The number of nitrogens with zero attached hydrogens (tertiary/aromatic N) is 1. The molecule has 0 aromatic rings. The molecule has 0 radical (unpaired) electrons. The molecule has 0 aromatic heterocycles. The van der Waals surface area contributed by atoms with Crippen molar-refractivity contribution in [2.75, 3.05) is 26.7 Å². The summed E-state index contributed by atoms with van der Waals surface area (Å²) in [5, 5.41) is 6.06. The summed E-state index contributed by atoms with van der Waals surface area (Å²) in [7, 11) is 1.77. The van der Waals surface area contributed by atoms with Gasteiger partial charge in [0.25, 0.3) is 0 Å². The minimum atomic E-state index is -0.292. The predicted octanol–water partition coefficient (Wildman–Crippen LogP) is -0.245. The Morgan fingerprint density at radius 1 is 1.47 bits per heavy atom. The zero-order valence-electron chi connectivity index (χ0n) is 10.1. The number of hydrogen-bond acceptors (Lipinski definition) is 3. The Hall–Kier alpha value is -0.810. The van der Waals surface area contributed by atoms with E-state index in [1.807, 2.05) is 0 Å². The van der Waals surface area contributed by atoms with Crippen molar-refractivity contribution in [3.8, 4) is 0 Å². The molecule has 0 aliphatic carbocycles. The largest absolute Gasteiger partial charge is 0.344 e. The van der Waals surface area contributed by atoms with Crippen LogP contribution in [-0.4, -0.2) is 49.4 Å². The lowest BCUT2D eigenvalue weighted by atomic mass is 9.98. The van der Waals surface area contributed by atoms with Crippen molar-refractivity contribution in [1.82, 2.24) is 15.5 Å². The number of rotatable bonds is 2. The number of hydrogen-bond donors (Lipinski definition) is 2. The van der Waals surface area contributed by atoms with Crippen molar-refractivity contribution in [2.24, 2.45) is 5.92 Å². The van der Waals surface area contributed by atoms with Crippen LogP contribution in [0.4, 0.5) is 0 Å². The van der Waals surface area contributed by atoms with Crippen LogP contribution in [0.15, 0.2) is 0 Å². The molecule has 6 heteroatoms. The highest BCUT2D eigenvalue weighted by molar-refractivity contribution is 5.89. The van der Waals surface area contributed by atoms with Gasteiger partial charge in [-0.2, -0.15) is 0 Å². The Morgan fingerprint density at radius 2 is 2.24 bits per heavy atom. The number of halogens is 1. The molecule has 2 rings (SSSR count). The Balaban J connectivity index is 0.00000144. The maximum atomic E-state index is 11.9. The van der Waals surface area contributed by atoms with E-state index in [9.17, 15) is 9.59 Å². The SMILES string of the molecule is CN1CCC(NC(=O)[C@@H]2CCCNC2)C1=O.Cl. The number of carbonyl (C=O) groups excluding carboxylic acids is 2. The average molecular weight is 262 g/mol. The number of piperidine rings is 1. The highest BCUT2D eigenvalue weighted by atomic mass is 35.5. The van der Waals surface area contributed by atoms with Gasteiger partial charge in [0, 0.05) is 20.1 Å². The van der Waals surface area contributed by atoms with Gasteiger partial charge in [-0.1, -0.05) is 0 Å². The normalized spacial score (nSPS) is 28.8. The molecule has 0 aromatic carbocycles. The van der Waals surface area contributed by atoms with Gasteiger partial charge in [0.05, 0.1) is 5.92 Å². The summed E-state index contributed by atoms with van der Waals surface area (Å²) in [6.45, 7) is 2.48. The van der Waals surface area contributed by atoms with Gasteiger partial charge >= 0.3 is 0 Å². The molecule has 2 aliphatic heterocycles. The summed E-state index contributed by atoms with van der Waals surface area (Å²) in [5.41, 5.74) is 0. The summed E-state index contributed by atoms with van der Waals surface area (Å²) in [6.07, 6.45) is 2.70. The van der Waals surface area contributed by atoms with Crippen LogP contribution in [0.5, 0.6) is 0 Å². The Kier molecular flexibility index (Phi) is 5.21. The molecule has 2 heterocycles. The summed E-state index contributed by atoms with van der Waals surface area (Å²) >= 11 is 0. The Labute approximate surface area is 108 Å². The molecule has 0 bridgehead atoms. The first-order valence-electron chi connectivity index (χ1n) is 5.94. The number of carbonyl (C=O) groups is 2. The standard InChI is InChI=1S/C11H19N3O2.ClH/c1-14-6-4-9(11(14)16)13-10(15)8-3-2-5-12-7-8;/h8-9,12H,2-7H2,1H3,(H,13,15);1H/t8-,9?;/m1./s1. The summed E-state index contributed by atoms with van der Waals surface area (Å²) < 4.78 is 0. The third-order valence-electron chi connectivity index (χ3n) is 3.41. The molecular formula is C11H20ClN3O2. The predicted molar refractivity (Wildman–Crippen MR) is 67.0 cm³/mol. The van der Waals surface area contributed by atoms with Crippen LogP contribution in [0.2, 0.25) is 0 Å². The average Bonchev–Trinajstić information content (AvgIpc) is 2.62. The van der Waals surface area contributed by atoms with Crippen molar-refractivity contribution in [3.63, 3.8) is 0 Å². The summed E-state index contributed by atoms with van der Waals surface area (Å²) in [6, 6.07) is -0.292. The van der Waals surface area contributed by atoms with Crippen molar-refractivity contribution < 1.29 is 9.59 Å². The van der Waals surface area contributed by atoms with E-state index in [1.165, 1.54) is 0 Å². The van der Waals surface area contributed by atoms with E-state index in [-0.39, 0.29) is 36.2 Å². The molecule has 5 nitrogen and oxygen atoms in total. The number of likely N-dealkylation sites (N-methyl/N-ethyl adjacent to an activating group) is 1. The van der Waals surface area contributed by atoms with Gasteiger partial charge in [0.2, 0.25) is 11.8 Å². The van der Waals surface area contributed by atoms with E-state index in [0.29, 0.717) is 0 Å². The number of amides is 2. The van der Waals surface area contributed by atoms with Gasteiger partial charge in [-0.15, -0.1) is 12.4 Å². The molecule has 98 valence electrons. The first-order chi connectivity index (χ1) is 7.68. The highest BCUT2D eigenvalue weighted by Crippen LogP contribution is 2.13. The van der Waals surface area contributed by atoms with Crippen molar-refractivity contribution in [3.05, 3.63) is 0 Å². The van der Waals surface area contributed by atoms with E-state index in [2.05, 4.69) is 10.6 Å².